The third-order valence-corrected chi connectivity index (χ3v) is 5.92. The normalized spacial score (nSPS) is 17.9. The second kappa shape index (κ2) is 8.87. The number of carbonyl (C=O) groups excluding carboxylic acids is 1. The number of aryl methyl sites for hydroxylation is 2. The van der Waals surface area contributed by atoms with E-state index in [-0.39, 0.29) is 6.03 Å². The summed E-state index contributed by atoms with van der Waals surface area (Å²) in [6.45, 7) is 10.9. The monoisotopic (exact) mass is 409 g/mol. The quantitative estimate of drug-likeness (QED) is 0.838. The molecule has 4 rings (SSSR count). The van der Waals surface area contributed by atoms with Crippen LogP contribution in [0.4, 0.5) is 22.1 Å². The van der Waals surface area contributed by atoms with Gasteiger partial charge in [-0.3, -0.25) is 0 Å². The minimum absolute atomic E-state index is 0.0408. The van der Waals surface area contributed by atoms with Crippen molar-refractivity contribution < 1.29 is 4.79 Å². The van der Waals surface area contributed by atoms with Gasteiger partial charge in [0.05, 0.1) is 0 Å². The minimum atomic E-state index is -0.0408. The molecule has 0 saturated carbocycles. The van der Waals surface area contributed by atoms with Crippen LogP contribution in [-0.4, -0.2) is 85.2 Å². The first-order valence-electron chi connectivity index (χ1n) is 10.7. The Kier molecular flexibility index (Phi) is 6.03. The van der Waals surface area contributed by atoms with Gasteiger partial charge >= 0.3 is 6.03 Å². The fourth-order valence-electron chi connectivity index (χ4n) is 3.94. The zero-order valence-corrected chi connectivity index (χ0v) is 18.1. The van der Waals surface area contributed by atoms with E-state index in [0.29, 0.717) is 13.1 Å². The number of anilines is 3. The third kappa shape index (κ3) is 4.64. The molecular formula is C22H31N7O. The lowest BCUT2D eigenvalue weighted by Crippen LogP contribution is -2.50. The highest BCUT2D eigenvalue weighted by Gasteiger charge is 2.24. The Bertz CT molecular complexity index is 887. The molecule has 2 aromatic rings. The van der Waals surface area contributed by atoms with E-state index in [2.05, 4.69) is 43.1 Å². The molecule has 8 nitrogen and oxygen atoms in total. The van der Waals surface area contributed by atoms with Gasteiger partial charge in [0.1, 0.15) is 17.5 Å². The van der Waals surface area contributed by atoms with E-state index in [1.807, 2.05) is 43.0 Å². The largest absolute Gasteiger partial charge is 0.354 e. The standard InChI is InChI=1S/C22H31N7O/c1-17-6-4-5-7-19(17)25-22(30)29-14-12-28(13-15-29)21-16-20(23-18(2)24-21)27-10-8-26(3)9-11-27/h4-7,16H,8-15H2,1-3H3,(H,25,30). The van der Waals surface area contributed by atoms with Gasteiger partial charge in [-0.15, -0.1) is 0 Å². The van der Waals surface area contributed by atoms with Crippen molar-refractivity contribution in [1.29, 1.82) is 0 Å². The van der Waals surface area contributed by atoms with Crippen molar-refractivity contribution in [2.45, 2.75) is 13.8 Å². The maximum atomic E-state index is 12.7. The van der Waals surface area contributed by atoms with Crippen molar-refractivity contribution >= 4 is 23.4 Å². The van der Waals surface area contributed by atoms with Gasteiger partial charge < -0.3 is 24.9 Å². The third-order valence-electron chi connectivity index (χ3n) is 5.92. The number of aromatic nitrogens is 2. The molecule has 0 radical (unpaired) electrons. The topological polar surface area (TPSA) is 67.8 Å². The molecule has 160 valence electrons. The molecule has 0 atom stereocenters. The van der Waals surface area contributed by atoms with E-state index in [9.17, 15) is 4.79 Å². The first kappa shape index (κ1) is 20.4. The predicted octanol–water partition coefficient (Wildman–Crippen LogP) is 2.20. The zero-order valence-electron chi connectivity index (χ0n) is 18.1. The maximum absolute atomic E-state index is 12.7. The predicted molar refractivity (Wildman–Crippen MR) is 120 cm³/mol. The summed E-state index contributed by atoms with van der Waals surface area (Å²) in [4.78, 5) is 30.8. The molecule has 2 fully saturated rings. The molecular weight excluding hydrogens is 378 g/mol. The molecule has 0 bridgehead atoms. The van der Waals surface area contributed by atoms with Crippen LogP contribution in [0.15, 0.2) is 30.3 Å². The van der Waals surface area contributed by atoms with Crippen molar-refractivity contribution in [1.82, 2.24) is 19.8 Å². The Labute approximate surface area is 178 Å². The molecule has 1 aromatic carbocycles. The van der Waals surface area contributed by atoms with Crippen LogP contribution < -0.4 is 15.1 Å². The summed E-state index contributed by atoms with van der Waals surface area (Å²) >= 11 is 0. The number of urea groups is 1. The second-order valence-electron chi connectivity index (χ2n) is 8.14. The Morgan fingerprint density at radius 1 is 0.867 bits per heavy atom. The number of likely N-dealkylation sites (N-methyl/N-ethyl adjacent to an activating group) is 1. The summed E-state index contributed by atoms with van der Waals surface area (Å²) < 4.78 is 0. The van der Waals surface area contributed by atoms with Crippen LogP contribution in [0, 0.1) is 13.8 Å². The summed E-state index contributed by atoms with van der Waals surface area (Å²) in [5.41, 5.74) is 1.94. The SMILES string of the molecule is Cc1nc(N2CCN(C)CC2)cc(N2CCN(C(=O)Nc3ccccc3C)CC2)n1. The summed E-state index contributed by atoms with van der Waals surface area (Å²) in [5, 5.41) is 3.03. The molecule has 0 spiro atoms. The minimum Gasteiger partial charge on any atom is -0.354 e. The first-order chi connectivity index (χ1) is 14.5. The molecule has 0 unspecified atom stereocenters. The summed E-state index contributed by atoms with van der Waals surface area (Å²) in [5.74, 6) is 2.75. The highest BCUT2D eigenvalue weighted by Crippen LogP contribution is 2.22. The number of carbonyl (C=O) groups is 1. The van der Waals surface area contributed by atoms with E-state index < -0.39 is 0 Å². The highest BCUT2D eigenvalue weighted by molar-refractivity contribution is 5.90. The van der Waals surface area contributed by atoms with Crippen LogP contribution in [0.1, 0.15) is 11.4 Å². The number of nitrogens with zero attached hydrogens (tertiary/aromatic N) is 6. The Balaban J connectivity index is 1.38. The Morgan fingerprint density at radius 3 is 2.03 bits per heavy atom. The Morgan fingerprint density at radius 2 is 1.43 bits per heavy atom. The molecule has 0 aliphatic carbocycles. The number of hydrogen-bond acceptors (Lipinski definition) is 6. The van der Waals surface area contributed by atoms with E-state index in [1.165, 1.54) is 0 Å². The highest BCUT2D eigenvalue weighted by atomic mass is 16.2. The smallest absolute Gasteiger partial charge is 0.321 e. The van der Waals surface area contributed by atoms with Crippen LogP contribution >= 0.6 is 0 Å². The van der Waals surface area contributed by atoms with Crippen LogP contribution in [-0.2, 0) is 0 Å². The lowest BCUT2D eigenvalue weighted by atomic mass is 10.2. The van der Waals surface area contributed by atoms with Crippen molar-refractivity contribution in [3.8, 4) is 0 Å². The number of para-hydroxylation sites is 1. The lowest BCUT2D eigenvalue weighted by molar-refractivity contribution is 0.208. The number of nitrogens with one attached hydrogen (secondary N) is 1. The van der Waals surface area contributed by atoms with Crippen LogP contribution in [0.25, 0.3) is 0 Å². The molecule has 2 saturated heterocycles. The van der Waals surface area contributed by atoms with Crippen molar-refractivity contribution in [2.24, 2.45) is 0 Å². The molecule has 2 aliphatic heterocycles. The number of benzene rings is 1. The fraction of sp³-hybridized carbons (Fsp3) is 0.500. The summed E-state index contributed by atoms with van der Waals surface area (Å²) in [6.07, 6.45) is 0. The van der Waals surface area contributed by atoms with Gasteiger partial charge in [-0.1, -0.05) is 18.2 Å². The molecule has 8 heteroatoms. The van der Waals surface area contributed by atoms with Gasteiger partial charge in [-0.25, -0.2) is 14.8 Å². The number of hydrogen-bond donors (Lipinski definition) is 1. The van der Waals surface area contributed by atoms with E-state index >= 15 is 0 Å². The molecule has 2 aliphatic rings. The van der Waals surface area contributed by atoms with Gasteiger partial charge in [-0.05, 0) is 32.5 Å². The molecule has 30 heavy (non-hydrogen) atoms. The number of rotatable bonds is 3. The first-order valence-corrected chi connectivity index (χ1v) is 10.7. The average molecular weight is 410 g/mol. The zero-order chi connectivity index (χ0) is 21.1. The summed E-state index contributed by atoms with van der Waals surface area (Å²) in [7, 11) is 2.16. The molecule has 2 amide bonds. The Hall–Kier alpha value is -2.87. The van der Waals surface area contributed by atoms with Crippen molar-refractivity contribution in [3.05, 3.63) is 41.7 Å². The van der Waals surface area contributed by atoms with Crippen molar-refractivity contribution in [3.63, 3.8) is 0 Å². The fourth-order valence-corrected chi connectivity index (χ4v) is 3.94. The van der Waals surface area contributed by atoms with E-state index in [1.54, 1.807) is 0 Å². The van der Waals surface area contributed by atoms with Gasteiger partial charge in [0.15, 0.2) is 0 Å². The lowest BCUT2D eigenvalue weighted by Gasteiger charge is -2.36. The molecule has 3 heterocycles. The van der Waals surface area contributed by atoms with Gasteiger partial charge in [-0.2, -0.15) is 0 Å². The van der Waals surface area contributed by atoms with Crippen LogP contribution in [0.5, 0.6) is 0 Å². The van der Waals surface area contributed by atoms with Crippen LogP contribution in [0.3, 0.4) is 0 Å². The van der Waals surface area contributed by atoms with Crippen LogP contribution in [0.2, 0.25) is 0 Å². The number of amides is 2. The maximum Gasteiger partial charge on any atom is 0.321 e. The van der Waals surface area contributed by atoms with Gasteiger partial charge in [0, 0.05) is 64.1 Å². The second-order valence-corrected chi connectivity index (χ2v) is 8.14. The van der Waals surface area contributed by atoms with Gasteiger partial charge in [0.25, 0.3) is 0 Å². The molecule has 1 N–H and O–H groups in total. The molecule has 1 aromatic heterocycles. The van der Waals surface area contributed by atoms with E-state index in [0.717, 1.165) is 68.0 Å². The average Bonchev–Trinajstić information content (AvgIpc) is 2.75. The number of piperazine rings is 2. The van der Waals surface area contributed by atoms with Gasteiger partial charge in [0.2, 0.25) is 0 Å². The van der Waals surface area contributed by atoms with E-state index in [4.69, 9.17) is 0 Å². The summed E-state index contributed by atoms with van der Waals surface area (Å²) in [6, 6.07) is 9.91. The van der Waals surface area contributed by atoms with Crippen molar-refractivity contribution in [2.75, 3.05) is 74.5 Å².